The van der Waals surface area contributed by atoms with Gasteiger partial charge in [-0.05, 0) is 55.4 Å². The quantitative estimate of drug-likeness (QED) is 0.859. The van der Waals surface area contributed by atoms with Gasteiger partial charge in [0.15, 0.2) is 0 Å². The van der Waals surface area contributed by atoms with Gasteiger partial charge in [-0.3, -0.25) is 4.79 Å². The number of nitrogens with one attached hydrogen (secondary N) is 1. The van der Waals surface area contributed by atoms with Crippen LogP contribution in [-0.4, -0.2) is 9.97 Å². The molecule has 0 radical (unpaired) electrons. The molecule has 0 bridgehead atoms. The average molecular weight is 228 g/mol. The van der Waals surface area contributed by atoms with E-state index in [0.29, 0.717) is 11.7 Å². The van der Waals surface area contributed by atoms with Crippen molar-refractivity contribution >= 4 is 10.9 Å². The van der Waals surface area contributed by atoms with Gasteiger partial charge in [0, 0.05) is 0 Å². The molecule has 0 unspecified atom stereocenters. The summed E-state index contributed by atoms with van der Waals surface area (Å²) in [4.78, 5) is 19.1. The number of nitrogens with zero attached hydrogens (tertiary/aromatic N) is 1. The lowest BCUT2D eigenvalue weighted by Gasteiger charge is -2.08. The van der Waals surface area contributed by atoms with Crippen LogP contribution in [0.3, 0.4) is 0 Å². The van der Waals surface area contributed by atoms with Crippen LogP contribution in [0.4, 0.5) is 0 Å². The Morgan fingerprint density at radius 2 is 2.18 bits per heavy atom. The van der Waals surface area contributed by atoms with E-state index in [4.69, 9.17) is 0 Å². The number of aromatic amines is 1. The molecule has 1 aromatic carbocycles. The fourth-order valence-corrected chi connectivity index (χ4v) is 2.44. The average Bonchev–Trinajstić information content (AvgIpc) is 3.11. The number of aryl methyl sites for hydroxylation is 2. The molecule has 1 fully saturated rings. The zero-order chi connectivity index (χ0) is 12.0. The lowest BCUT2D eigenvalue weighted by Crippen LogP contribution is -2.10. The van der Waals surface area contributed by atoms with Crippen molar-refractivity contribution in [1.82, 2.24) is 9.97 Å². The number of benzene rings is 1. The summed E-state index contributed by atoms with van der Waals surface area (Å²) in [5.74, 6) is 1.39. The van der Waals surface area contributed by atoms with Crippen LogP contribution in [0.2, 0.25) is 0 Å². The molecule has 1 aliphatic rings. The van der Waals surface area contributed by atoms with Gasteiger partial charge in [-0.2, -0.15) is 0 Å². The molecule has 1 aliphatic carbocycles. The van der Waals surface area contributed by atoms with Crippen LogP contribution in [0.25, 0.3) is 10.9 Å². The second kappa shape index (κ2) is 3.69. The van der Waals surface area contributed by atoms with Crippen molar-refractivity contribution < 1.29 is 0 Å². The number of fused-ring (bicyclic) bond motifs is 1. The zero-order valence-corrected chi connectivity index (χ0v) is 10.2. The minimum atomic E-state index is -0.0236. The van der Waals surface area contributed by atoms with Crippen molar-refractivity contribution in [2.45, 2.75) is 39.0 Å². The third kappa shape index (κ3) is 1.75. The van der Waals surface area contributed by atoms with Crippen LogP contribution in [0, 0.1) is 6.92 Å². The monoisotopic (exact) mass is 228 g/mol. The minimum Gasteiger partial charge on any atom is -0.310 e. The Kier molecular flexibility index (Phi) is 2.28. The molecule has 3 nitrogen and oxygen atoms in total. The van der Waals surface area contributed by atoms with Crippen molar-refractivity contribution in [3.63, 3.8) is 0 Å². The highest BCUT2D eigenvalue weighted by Gasteiger charge is 2.26. The van der Waals surface area contributed by atoms with Crippen LogP contribution in [-0.2, 0) is 6.42 Å². The Bertz CT molecular complexity index is 638. The third-order valence-electron chi connectivity index (χ3n) is 3.48. The van der Waals surface area contributed by atoms with Crippen LogP contribution in [0.1, 0.15) is 42.6 Å². The first-order valence-electron chi connectivity index (χ1n) is 6.22. The summed E-state index contributed by atoms with van der Waals surface area (Å²) in [6, 6.07) is 4.14. The first-order valence-corrected chi connectivity index (χ1v) is 6.22. The SMILES string of the molecule is CCc1cc2c(=O)[nH]c(C)nc2cc1C1CC1. The summed E-state index contributed by atoms with van der Waals surface area (Å²) in [6.45, 7) is 3.97. The van der Waals surface area contributed by atoms with E-state index >= 15 is 0 Å². The molecule has 1 aromatic heterocycles. The van der Waals surface area contributed by atoms with Crippen molar-refractivity contribution in [3.05, 3.63) is 39.4 Å². The van der Waals surface area contributed by atoms with Gasteiger partial charge in [0.05, 0.1) is 10.9 Å². The van der Waals surface area contributed by atoms with E-state index in [1.54, 1.807) is 0 Å². The molecule has 0 aliphatic heterocycles. The number of hydrogen-bond donors (Lipinski definition) is 1. The second-order valence-electron chi connectivity index (χ2n) is 4.85. The predicted molar refractivity (Wildman–Crippen MR) is 68.5 cm³/mol. The van der Waals surface area contributed by atoms with Gasteiger partial charge in [0.2, 0.25) is 0 Å². The van der Waals surface area contributed by atoms with Crippen molar-refractivity contribution in [1.29, 1.82) is 0 Å². The van der Waals surface area contributed by atoms with E-state index in [1.807, 2.05) is 13.0 Å². The standard InChI is InChI=1S/C14H16N2O/c1-3-9-6-12-13(7-11(9)10-4-5-10)15-8(2)16-14(12)17/h6-7,10H,3-5H2,1-2H3,(H,15,16,17). The normalized spacial score (nSPS) is 15.4. The fraction of sp³-hybridized carbons (Fsp3) is 0.429. The highest BCUT2D eigenvalue weighted by atomic mass is 16.1. The Labute approximate surface area is 99.9 Å². The van der Waals surface area contributed by atoms with Crippen LogP contribution in [0.15, 0.2) is 16.9 Å². The highest BCUT2D eigenvalue weighted by molar-refractivity contribution is 5.79. The summed E-state index contributed by atoms with van der Waals surface area (Å²) in [7, 11) is 0. The van der Waals surface area contributed by atoms with Crippen LogP contribution in [0.5, 0.6) is 0 Å². The molecule has 3 heteroatoms. The van der Waals surface area contributed by atoms with E-state index in [-0.39, 0.29) is 5.56 Å². The minimum absolute atomic E-state index is 0.0236. The maximum atomic E-state index is 11.9. The largest absolute Gasteiger partial charge is 0.310 e. The zero-order valence-electron chi connectivity index (χ0n) is 10.2. The maximum Gasteiger partial charge on any atom is 0.258 e. The van der Waals surface area contributed by atoms with Gasteiger partial charge in [-0.25, -0.2) is 4.98 Å². The molecule has 88 valence electrons. The van der Waals surface area contributed by atoms with Crippen molar-refractivity contribution in [2.24, 2.45) is 0 Å². The Morgan fingerprint density at radius 1 is 1.41 bits per heavy atom. The van der Waals surface area contributed by atoms with Gasteiger partial charge in [0.25, 0.3) is 5.56 Å². The molecular formula is C14H16N2O. The molecule has 0 atom stereocenters. The van der Waals surface area contributed by atoms with E-state index < -0.39 is 0 Å². The topological polar surface area (TPSA) is 45.8 Å². The van der Waals surface area contributed by atoms with E-state index in [9.17, 15) is 4.79 Å². The van der Waals surface area contributed by atoms with Gasteiger partial charge < -0.3 is 4.98 Å². The molecule has 3 rings (SSSR count). The summed E-state index contributed by atoms with van der Waals surface area (Å²) < 4.78 is 0. The van der Waals surface area contributed by atoms with Crippen LogP contribution >= 0.6 is 0 Å². The number of hydrogen-bond acceptors (Lipinski definition) is 2. The van der Waals surface area contributed by atoms with E-state index in [0.717, 1.165) is 17.3 Å². The lowest BCUT2D eigenvalue weighted by molar-refractivity contribution is 1.02. The molecular weight excluding hydrogens is 212 g/mol. The summed E-state index contributed by atoms with van der Waals surface area (Å²) in [6.07, 6.45) is 3.54. The third-order valence-corrected chi connectivity index (χ3v) is 3.48. The summed E-state index contributed by atoms with van der Waals surface area (Å²) in [5.41, 5.74) is 3.52. The molecule has 1 heterocycles. The van der Waals surface area contributed by atoms with Crippen molar-refractivity contribution in [3.8, 4) is 0 Å². The summed E-state index contributed by atoms with van der Waals surface area (Å²) >= 11 is 0. The molecule has 0 saturated heterocycles. The molecule has 1 saturated carbocycles. The number of aromatic nitrogens is 2. The second-order valence-corrected chi connectivity index (χ2v) is 4.85. The highest BCUT2D eigenvalue weighted by Crippen LogP contribution is 2.42. The Morgan fingerprint density at radius 3 is 2.82 bits per heavy atom. The predicted octanol–water partition coefficient (Wildman–Crippen LogP) is 2.67. The lowest BCUT2D eigenvalue weighted by atomic mass is 9.99. The van der Waals surface area contributed by atoms with Crippen LogP contribution < -0.4 is 5.56 Å². The first kappa shape index (κ1) is 10.5. The molecule has 2 aromatic rings. The smallest absolute Gasteiger partial charge is 0.258 e. The first-order chi connectivity index (χ1) is 8.19. The number of rotatable bonds is 2. The Hall–Kier alpha value is -1.64. The van der Waals surface area contributed by atoms with Gasteiger partial charge in [-0.1, -0.05) is 6.92 Å². The molecule has 0 spiro atoms. The molecule has 1 N–H and O–H groups in total. The maximum absolute atomic E-state index is 11.9. The molecule has 17 heavy (non-hydrogen) atoms. The van der Waals surface area contributed by atoms with Crippen molar-refractivity contribution in [2.75, 3.05) is 0 Å². The number of H-pyrrole nitrogens is 1. The van der Waals surface area contributed by atoms with E-state index in [1.165, 1.54) is 24.0 Å². The summed E-state index contributed by atoms with van der Waals surface area (Å²) in [5, 5.41) is 0.719. The van der Waals surface area contributed by atoms with Gasteiger partial charge in [-0.15, -0.1) is 0 Å². The fourth-order valence-electron chi connectivity index (χ4n) is 2.44. The van der Waals surface area contributed by atoms with Gasteiger partial charge in [0.1, 0.15) is 5.82 Å². The Balaban J connectivity index is 2.32. The van der Waals surface area contributed by atoms with Gasteiger partial charge >= 0.3 is 0 Å². The molecule has 0 amide bonds. The van der Waals surface area contributed by atoms with E-state index in [2.05, 4.69) is 23.0 Å².